The second kappa shape index (κ2) is 9.35. The Morgan fingerprint density at radius 3 is 2.46 bits per heavy atom. The van der Waals surface area contributed by atoms with Gasteiger partial charge < -0.3 is 14.0 Å². The first kappa shape index (κ1) is 22.8. The molecule has 0 atom stereocenters. The van der Waals surface area contributed by atoms with Gasteiger partial charge in [-0.25, -0.2) is 14.8 Å². The summed E-state index contributed by atoms with van der Waals surface area (Å²) in [4.78, 5) is 21.5. The highest BCUT2D eigenvalue weighted by Gasteiger charge is 2.20. The van der Waals surface area contributed by atoms with Gasteiger partial charge in [-0.1, -0.05) is 54.6 Å². The van der Waals surface area contributed by atoms with Crippen LogP contribution in [-0.4, -0.2) is 26.3 Å². The van der Waals surface area contributed by atoms with E-state index < -0.39 is 11.8 Å². The molecule has 0 aliphatic rings. The van der Waals surface area contributed by atoms with Gasteiger partial charge in [-0.3, -0.25) is 0 Å². The summed E-state index contributed by atoms with van der Waals surface area (Å²) in [6, 6.07) is 23.8. The largest absolute Gasteiger partial charge is 0.514 e. The predicted molar refractivity (Wildman–Crippen MR) is 139 cm³/mol. The van der Waals surface area contributed by atoms with Crippen LogP contribution in [0, 0.1) is 0 Å². The van der Waals surface area contributed by atoms with Crippen molar-refractivity contribution in [1.82, 2.24) is 14.5 Å². The van der Waals surface area contributed by atoms with Gasteiger partial charge in [0.05, 0.1) is 16.5 Å². The monoisotopic (exact) mass is 483 g/mol. The molecule has 0 spiro atoms. The van der Waals surface area contributed by atoms with E-state index in [1.54, 1.807) is 17.4 Å². The highest BCUT2D eigenvalue weighted by Crippen LogP contribution is 2.31. The third-order valence-electron chi connectivity index (χ3n) is 5.39. The Bertz CT molecular complexity index is 1470. The molecule has 3 aromatic carbocycles. The minimum atomic E-state index is -0.719. The molecule has 0 radical (unpaired) electrons. The van der Waals surface area contributed by atoms with Crippen molar-refractivity contribution in [2.24, 2.45) is 0 Å². The van der Waals surface area contributed by atoms with E-state index in [2.05, 4.69) is 27.8 Å². The number of ether oxygens (including phenoxy) is 2. The lowest BCUT2D eigenvalue weighted by molar-refractivity contribution is 0.0207. The molecule has 0 aliphatic carbocycles. The quantitative estimate of drug-likeness (QED) is 0.195. The van der Waals surface area contributed by atoms with E-state index in [-0.39, 0.29) is 0 Å². The maximum absolute atomic E-state index is 12.2. The molecule has 0 aliphatic heterocycles. The van der Waals surface area contributed by atoms with Crippen LogP contribution in [0.25, 0.3) is 33.7 Å². The molecule has 0 fully saturated rings. The van der Waals surface area contributed by atoms with Crippen molar-refractivity contribution in [3.8, 4) is 28.4 Å². The first-order valence-corrected chi connectivity index (χ1v) is 12.2. The summed E-state index contributed by atoms with van der Waals surface area (Å²) < 4.78 is 13.0. The molecule has 35 heavy (non-hydrogen) atoms. The van der Waals surface area contributed by atoms with Gasteiger partial charge in [0.1, 0.15) is 17.0 Å². The van der Waals surface area contributed by atoms with Crippen molar-refractivity contribution in [2.45, 2.75) is 32.9 Å². The SMILES string of the molecule is CC(C)(C)OC(=O)Oc1ccccc1-c1ccc(Cn2c(-c3cscn3)nc3ccccc32)cc1. The van der Waals surface area contributed by atoms with Crippen LogP contribution in [0.2, 0.25) is 0 Å². The number of aromatic nitrogens is 3. The number of carbonyl (C=O) groups excluding carboxylic acids is 1. The van der Waals surface area contributed by atoms with Crippen molar-refractivity contribution < 1.29 is 14.3 Å². The van der Waals surface area contributed by atoms with Crippen molar-refractivity contribution in [3.63, 3.8) is 0 Å². The molecular weight excluding hydrogens is 458 g/mol. The summed E-state index contributed by atoms with van der Waals surface area (Å²) in [7, 11) is 0. The number of carbonyl (C=O) groups is 1. The fourth-order valence-electron chi connectivity index (χ4n) is 3.88. The minimum Gasteiger partial charge on any atom is -0.428 e. The Labute approximate surface area is 207 Å². The zero-order valence-electron chi connectivity index (χ0n) is 19.8. The summed E-state index contributed by atoms with van der Waals surface area (Å²) >= 11 is 1.56. The van der Waals surface area contributed by atoms with E-state index in [0.717, 1.165) is 39.2 Å². The molecule has 0 amide bonds. The lowest BCUT2D eigenvalue weighted by atomic mass is 10.0. The third-order valence-corrected chi connectivity index (χ3v) is 5.98. The number of rotatable bonds is 5. The van der Waals surface area contributed by atoms with Gasteiger partial charge in [0.25, 0.3) is 0 Å². The lowest BCUT2D eigenvalue weighted by Gasteiger charge is -2.19. The number of thiazole rings is 1. The Hall–Kier alpha value is -3.97. The standard InChI is InChI=1S/C28H25N3O3S/c1-28(2,3)34-27(32)33-25-11-7-4-8-21(25)20-14-12-19(13-15-20)16-31-24-10-6-5-9-22(24)30-26(31)23-17-35-18-29-23/h4-15,17-18H,16H2,1-3H3. The number of para-hydroxylation sites is 3. The van der Waals surface area contributed by atoms with E-state index in [9.17, 15) is 4.79 Å². The average Bonchev–Trinajstić information content (AvgIpc) is 3.47. The number of nitrogens with zero attached hydrogens (tertiary/aromatic N) is 3. The number of imidazole rings is 1. The molecular formula is C28H25N3O3S. The predicted octanol–water partition coefficient (Wildman–Crippen LogP) is 7.19. The highest BCUT2D eigenvalue weighted by molar-refractivity contribution is 7.07. The van der Waals surface area contributed by atoms with Crippen LogP contribution in [0.3, 0.4) is 0 Å². The van der Waals surface area contributed by atoms with Gasteiger partial charge in [0.15, 0.2) is 5.82 Å². The number of fused-ring (bicyclic) bond motifs is 1. The summed E-state index contributed by atoms with van der Waals surface area (Å²) in [6.45, 7) is 6.08. The van der Waals surface area contributed by atoms with E-state index in [1.807, 2.05) is 80.2 Å². The van der Waals surface area contributed by atoms with Crippen LogP contribution < -0.4 is 4.74 Å². The van der Waals surface area contributed by atoms with Gasteiger partial charge >= 0.3 is 6.16 Å². The minimum absolute atomic E-state index is 0.459. The summed E-state index contributed by atoms with van der Waals surface area (Å²) in [5.41, 5.74) is 6.97. The smallest absolute Gasteiger partial charge is 0.428 e. The molecule has 7 heteroatoms. The highest BCUT2D eigenvalue weighted by atomic mass is 32.1. The lowest BCUT2D eigenvalue weighted by Crippen LogP contribution is -2.26. The van der Waals surface area contributed by atoms with Crippen molar-refractivity contribution in [2.75, 3.05) is 0 Å². The Balaban J connectivity index is 1.42. The van der Waals surface area contributed by atoms with E-state index in [0.29, 0.717) is 12.3 Å². The normalized spacial score (nSPS) is 11.5. The van der Waals surface area contributed by atoms with Gasteiger partial charge in [0, 0.05) is 17.5 Å². The van der Waals surface area contributed by atoms with Gasteiger partial charge in [-0.2, -0.15) is 0 Å². The van der Waals surface area contributed by atoms with Crippen LogP contribution in [0.4, 0.5) is 4.79 Å². The Morgan fingerprint density at radius 1 is 0.971 bits per heavy atom. The van der Waals surface area contributed by atoms with Gasteiger partial charge in [0.2, 0.25) is 0 Å². The number of hydrogen-bond acceptors (Lipinski definition) is 6. The molecule has 0 bridgehead atoms. The van der Waals surface area contributed by atoms with Crippen LogP contribution >= 0.6 is 11.3 Å². The third kappa shape index (κ3) is 5.10. The second-order valence-electron chi connectivity index (χ2n) is 9.14. The van der Waals surface area contributed by atoms with E-state index in [4.69, 9.17) is 14.5 Å². The summed E-state index contributed by atoms with van der Waals surface area (Å²) in [5, 5.41) is 2.02. The molecule has 2 heterocycles. The molecule has 5 rings (SSSR count). The molecule has 5 aromatic rings. The molecule has 0 unspecified atom stereocenters. The first-order valence-electron chi connectivity index (χ1n) is 11.3. The summed E-state index contributed by atoms with van der Waals surface area (Å²) in [6.07, 6.45) is -0.719. The average molecular weight is 484 g/mol. The first-order chi connectivity index (χ1) is 16.9. The molecule has 0 N–H and O–H groups in total. The van der Waals surface area contributed by atoms with E-state index >= 15 is 0 Å². The zero-order chi connectivity index (χ0) is 24.4. The second-order valence-corrected chi connectivity index (χ2v) is 9.86. The topological polar surface area (TPSA) is 66.2 Å². The van der Waals surface area contributed by atoms with Gasteiger partial charge in [-0.15, -0.1) is 11.3 Å². The molecule has 0 saturated carbocycles. The molecule has 0 saturated heterocycles. The number of hydrogen-bond donors (Lipinski definition) is 0. The van der Waals surface area contributed by atoms with Crippen LogP contribution in [-0.2, 0) is 11.3 Å². The molecule has 2 aromatic heterocycles. The fraction of sp³-hybridized carbons (Fsp3) is 0.179. The zero-order valence-corrected chi connectivity index (χ0v) is 20.6. The van der Waals surface area contributed by atoms with Gasteiger partial charge in [-0.05, 0) is 50.1 Å². The van der Waals surface area contributed by atoms with Crippen LogP contribution in [0.15, 0.2) is 83.7 Å². The van der Waals surface area contributed by atoms with Crippen LogP contribution in [0.5, 0.6) is 5.75 Å². The molecule has 176 valence electrons. The van der Waals surface area contributed by atoms with Crippen LogP contribution in [0.1, 0.15) is 26.3 Å². The number of benzene rings is 3. The van der Waals surface area contributed by atoms with E-state index in [1.165, 1.54) is 0 Å². The fourth-order valence-corrected chi connectivity index (χ4v) is 4.41. The maximum Gasteiger partial charge on any atom is 0.514 e. The Kier molecular flexibility index (Phi) is 6.09. The maximum atomic E-state index is 12.2. The van der Waals surface area contributed by atoms with Crippen molar-refractivity contribution in [1.29, 1.82) is 0 Å². The van der Waals surface area contributed by atoms with Crippen molar-refractivity contribution in [3.05, 3.63) is 89.3 Å². The summed E-state index contributed by atoms with van der Waals surface area (Å²) in [5.74, 6) is 1.31. The Morgan fingerprint density at radius 2 is 1.71 bits per heavy atom. The van der Waals surface area contributed by atoms with Crippen molar-refractivity contribution >= 4 is 28.5 Å². The molecule has 6 nitrogen and oxygen atoms in total.